The van der Waals surface area contributed by atoms with E-state index in [2.05, 4.69) is 0 Å². The van der Waals surface area contributed by atoms with E-state index in [1.165, 1.54) is 6.07 Å². The molecular weight excluding hydrogens is 279 g/mol. The Morgan fingerprint density at radius 3 is 2.65 bits per heavy atom. The number of hydrogen-bond donors (Lipinski definition) is 2. The zero-order valence-corrected chi connectivity index (χ0v) is 9.87. The normalized spacial score (nSPS) is 21.8. The number of halogens is 4. The van der Waals surface area contributed by atoms with Crippen molar-refractivity contribution in [1.82, 2.24) is 4.72 Å². The molecule has 0 fully saturated rings. The van der Waals surface area contributed by atoms with E-state index in [1.807, 2.05) is 0 Å². The monoisotopic (exact) mass is 285 g/mol. The van der Waals surface area contributed by atoms with Crippen molar-refractivity contribution in [1.29, 1.82) is 0 Å². The summed E-state index contributed by atoms with van der Waals surface area (Å²) < 4.78 is 63.0. The Morgan fingerprint density at radius 1 is 1.41 bits per heavy atom. The maximum absolute atomic E-state index is 13.6. The van der Waals surface area contributed by atoms with Crippen LogP contribution in [0.3, 0.4) is 0 Å². The lowest BCUT2D eigenvalue weighted by atomic mass is 10.1. The smallest absolute Gasteiger partial charge is 0.215 e. The summed E-state index contributed by atoms with van der Waals surface area (Å²) in [6.45, 7) is 0. The highest BCUT2D eigenvalue weighted by atomic mass is 35.5. The van der Waals surface area contributed by atoms with Gasteiger partial charge >= 0.3 is 0 Å². The number of hydrogen-bond acceptors (Lipinski definition) is 2. The minimum Gasteiger partial charge on any atom is -0.215 e. The summed E-state index contributed by atoms with van der Waals surface area (Å²) in [7, 11) is -3.23. The van der Waals surface area contributed by atoms with Gasteiger partial charge in [0, 0.05) is 12.0 Å². The van der Waals surface area contributed by atoms with E-state index in [9.17, 15) is 21.6 Å². The van der Waals surface area contributed by atoms with Crippen molar-refractivity contribution in [3.63, 3.8) is 0 Å². The largest absolute Gasteiger partial charge is 0.272 e. The third-order valence-electron chi connectivity index (χ3n) is 2.59. The Labute approximate surface area is 102 Å². The van der Waals surface area contributed by atoms with Crippen LogP contribution in [0.2, 0.25) is 5.02 Å². The van der Waals surface area contributed by atoms with Crippen molar-refractivity contribution in [3.05, 3.63) is 34.1 Å². The topological polar surface area (TPSA) is 46.2 Å². The Morgan fingerprint density at radius 2 is 2.06 bits per heavy atom. The molecule has 8 heteroatoms. The number of alkyl halides is 2. The lowest BCUT2D eigenvalue weighted by Crippen LogP contribution is -2.33. The lowest BCUT2D eigenvalue weighted by molar-refractivity contribution is -0.0184. The number of benzene rings is 1. The Hall–Kier alpha value is -0.790. The molecule has 1 atom stereocenters. The molecule has 0 aromatic heterocycles. The molecule has 1 aromatic carbocycles. The second-order valence-electron chi connectivity index (χ2n) is 3.69. The predicted molar refractivity (Wildman–Crippen MR) is 56.3 cm³/mol. The first-order valence-corrected chi connectivity index (χ1v) is 6.13. The molecule has 0 saturated carbocycles. The van der Waals surface area contributed by atoms with Gasteiger partial charge in [0.15, 0.2) is 0 Å². The molecule has 2 rings (SSSR count). The Bertz CT molecular complexity index is 539. The zero-order valence-electron chi connectivity index (χ0n) is 8.21. The fourth-order valence-electron chi connectivity index (χ4n) is 1.90. The summed E-state index contributed by atoms with van der Waals surface area (Å²) >= 11 is 5.60. The molecular formula is C9H7ClF3NO2S. The number of nitrogens with one attached hydrogen (secondary N) is 1. The van der Waals surface area contributed by atoms with Gasteiger partial charge in [-0.2, -0.15) is 0 Å². The maximum Gasteiger partial charge on any atom is 0.272 e. The highest BCUT2D eigenvalue weighted by molar-refractivity contribution is 7.70. The van der Waals surface area contributed by atoms with Crippen LogP contribution >= 0.6 is 11.6 Å². The average molecular weight is 286 g/mol. The lowest BCUT2D eigenvalue weighted by Gasteiger charge is -2.18. The van der Waals surface area contributed by atoms with Crippen molar-refractivity contribution in [2.45, 2.75) is 18.4 Å². The zero-order chi connectivity index (χ0) is 12.8. The third-order valence-corrected chi connectivity index (χ3v) is 3.45. The van der Waals surface area contributed by atoms with Crippen molar-refractivity contribution in [2.24, 2.45) is 0 Å². The minimum atomic E-state index is -3.31. The molecule has 0 saturated heterocycles. The molecule has 17 heavy (non-hydrogen) atoms. The molecule has 94 valence electrons. The molecule has 1 aromatic rings. The van der Waals surface area contributed by atoms with Crippen LogP contribution in [0.4, 0.5) is 13.2 Å². The van der Waals surface area contributed by atoms with Crippen LogP contribution in [0, 0.1) is 5.82 Å². The van der Waals surface area contributed by atoms with Crippen LogP contribution in [0.1, 0.15) is 17.2 Å². The number of rotatable bonds is 2. The van der Waals surface area contributed by atoms with Crippen molar-refractivity contribution < 1.29 is 21.6 Å². The molecule has 1 aliphatic carbocycles. The van der Waals surface area contributed by atoms with Crippen molar-refractivity contribution in [3.8, 4) is 0 Å². The predicted octanol–water partition coefficient (Wildman–Crippen LogP) is 1.83. The first-order chi connectivity index (χ1) is 7.83. The number of fused-ring (bicyclic) bond motifs is 1. The summed E-state index contributed by atoms with van der Waals surface area (Å²) in [6.07, 6.45) is -0.664. The molecule has 1 unspecified atom stereocenters. The maximum atomic E-state index is 13.6. The quantitative estimate of drug-likeness (QED) is 0.815. The van der Waals surface area contributed by atoms with Gasteiger partial charge in [-0.05, 0) is 11.6 Å². The molecule has 0 radical (unpaired) electrons. The minimum absolute atomic E-state index is 0.149. The molecule has 0 heterocycles. The van der Waals surface area contributed by atoms with Crippen molar-refractivity contribution >= 4 is 22.5 Å². The van der Waals surface area contributed by atoms with Gasteiger partial charge in [0.05, 0.1) is 5.02 Å². The van der Waals surface area contributed by atoms with E-state index in [1.54, 1.807) is 4.72 Å². The second kappa shape index (κ2) is 4.15. The highest BCUT2D eigenvalue weighted by Gasteiger charge is 2.49. The fourth-order valence-corrected chi connectivity index (χ4v) is 2.73. The highest BCUT2D eigenvalue weighted by Crippen LogP contribution is 2.46. The molecule has 0 aliphatic heterocycles. The summed E-state index contributed by atoms with van der Waals surface area (Å²) in [4.78, 5) is 0. The summed E-state index contributed by atoms with van der Waals surface area (Å²) in [6, 6.07) is 0.364. The van der Waals surface area contributed by atoms with Crippen LogP contribution in [-0.2, 0) is 17.3 Å². The van der Waals surface area contributed by atoms with Gasteiger partial charge in [-0.1, -0.05) is 17.7 Å². The van der Waals surface area contributed by atoms with E-state index in [-0.39, 0.29) is 11.1 Å². The Balaban J connectivity index is 2.57. The third kappa shape index (κ3) is 2.14. The first-order valence-electron chi connectivity index (χ1n) is 4.58. The van der Waals surface area contributed by atoms with Gasteiger partial charge < -0.3 is 0 Å². The average Bonchev–Trinajstić information content (AvgIpc) is 2.45. The molecule has 0 bridgehead atoms. The molecule has 0 amide bonds. The van der Waals surface area contributed by atoms with Gasteiger partial charge in [-0.3, -0.25) is 0 Å². The van der Waals surface area contributed by atoms with E-state index in [0.29, 0.717) is 0 Å². The second-order valence-corrected chi connectivity index (χ2v) is 4.84. The number of thiol groups is 1. The van der Waals surface area contributed by atoms with Gasteiger partial charge in [0.2, 0.25) is 10.9 Å². The van der Waals surface area contributed by atoms with Gasteiger partial charge in [0.1, 0.15) is 11.9 Å². The van der Waals surface area contributed by atoms with E-state index < -0.39 is 40.1 Å². The first kappa shape index (κ1) is 12.7. The van der Waals surface area contributed by atoms with Gasteiger partial charge in [0.25, 0.3) is 5.92 Å². The van der Waals surface area contributed by atoms with Crippen LogP contribution in [0.15, 0.2) is 12.1 Å². The van der Waals surface area contributed by atoms with E-state index in [0.717, 1.165) is 6.07 Å². The van der Waals surface area contributed by atoms with Crippen LogP contribution in [0.25, 0.3) is 0 Å². The van der Waals surface area contributed by atoms with Crippen LogP contribution < -0.4 is 4.72 Å². The molecule has 3 nitrogen and oxygen atoms in total. The van der Waals surface area contributed by atoms with Gasteiger partial charge in [-0.15, -0.1) is 0 Å². The van der Waals surface area contributed by atoms with E-state index in [4.69, 9.17) is 11.6 Å². The molecule has 1 aliphatic rings. The molecule has 0 spiro atoms. The van der Waals surface area contributed by atoms with Gasteiger partial charge in [-0.25, -0.2) is 26.3 Å². The summed E-state index contributed by atoms with van der Waals surface area (Å²) in [5.41, 5.74) is -0.0355. The SMILES string of the molecule is O=[SH](=O)NC1c2c(ccc(F)c2Cl)CC1(F)F. The standard InChI is InChI=1S/C9H7ClF3NO2S/c10-7-5(11)2-1-4-3-9(12,13)8(6(4)7)14-17(15)16/h1-2,8,17H,3H2,(H,14,15,16). The van der Waals surface area contributed by atoms with Crippen LogP contribution in [-0.4, -0.2) is 14.3 Å². The Kier molecular flexibility index (Phi) is 3.09. The summed E-state index contributed by atoms with van der Waals surface area (Å²) in [5, 5.41) is -0.464. The van der Waals surface area contributed by atoms with E-state index >= 15 is 0 Å². The molecule has 1 N–H and O–H groups in total. The van der Waals surface area contributed by atoms with Crippen LogP contribution in [0.5, 0.6) is 0 Å². The van der Waals surface area contributed by atoms with Crippen molar-refractivity contribution in [2.75, 3.05) is 0 Å². The summed E-state index contributed by atoms with van der Waals surface area (Å²) in [5.74, 6) is -4.16. The fraction of sp³-hybridized carbons (Fsp3) is 0.333.